The summed E-state index contributed by atoms with van der Waals surface area (Å²) in [5.41, 5.74) is 3.39. The van der Waals surface area contributed by atoms with Gasteiger partial charge in [0.15, 0.2) is 0 Å². The van der Waals surface area contributed by atoms with Gasteiger partial charge >= 0.3 is 0 Å². The van der Waals surface area contributed by atoms with Gasteiger partial charge in [-0.15, -0.1) is 0 Å². The van der Waals surface area contributed by atoms with Crippen LogP contribution in [0, 0.1) is 24.1 Å². The van der Waals surface area contributed by atoms with Gasteiger partial charge in [0, 0.05) is 33.4 Å². The summed E-state index contributed by atoms with van der Waals surface area (Å²) in [6.07, 6.45) is 1.56. The summed E-state index contributed by atoms with van der Waals surface area (Å²) in [4.78, 5) is 12.7. The molecule has 0 radical (unpaired) electrons. The Hall–Kier alpha value is -4.37. The number of hydrogen-bond acceptors (Lipinski definition) is 3. The Labute approximate surface area is 184 Å². The number of aromatic hydroxyl groups is 1. The molecule has 5 nitrogen and oxygen atoms in total. The van der Waals surface area contributed by atoms with Crippen molar-refractivity contribution >= 4 is 28.6 Å². The Morgan fingerprint density at radius 3 is 2.50 bits per heavy atom. The number of anilines is 1. The van der Waals surface area contributed by atoms with Crippen molar-refractivity contribution in [3.8, 4) is 11.8 Å². The van der Waals surface area contributed by atoms with Crippen molar-refractivity contribution in [2.45, 2.75) is 13.5 Å². The maximum Gasteiger partial charge on any atom is 0.266 e. The van der Waals surface area contributed by atoms with Crippen molar-refractivity contribution in [3.05, 3.63) is 101 Å². The fourth-order valence-electron chi connectivity index (χ4n) is 3.68. The van der Waals surface area contributed by atoms with Gasteiger partial charge in [-0.2, -0.15) is 5.26 Å². The highest BCUT2D eigenvalue weighted by molar-refractivity contribution is 6.11. The van der Waals surface area contributed by atoms with E-state index in [1.165, 1.54) is 18.2 Å². The number of halogens is 1. The lowest BCUT2D eigenvalue weighted by Gasteiger charge is -2.09. The molecule has 4 rings (SSSR count). The van der Waals surface area contributed by atoms with Crippen LogP contribution in [0.3, 0.4) is 0 Å². The van der Waals surface area contributed by atoms with Crippen molar-refractivity contribution in [3.63, 3.8) is 0 Å². The first kappa shape index (κ1) is 20.9. The average Bonchev–Trinajstić information content (AvgIpc) is 3.06. The van der Waals surface area contributed by atoms with E-state index in [1.54, 1.807) is 36.4 Å². The second-order valence-corrected chi connectivity index (χ2v) is 7.36. The fraction of sp³-hybridized carbons (Fsp3) is 0.0769. The molecule has 1 heterocycles. The van der Waals surface area contributed by atoms with Crippen LogP contribution in [0.1, 0.15) is 16.8 Å². The van der Waals surface area contributed by atoms with E-state index in [9.17, 15) is 19.6 Å². The van der Waals surface area contributed by atoms with Crippen LogP contribution in [0.15, 0.2) is 78.4 Å². The van der Waals surface area contributed by atoms with Crippen molar-refractivity contribution < 1.29 is 14.3 Å². The lowest BCUT2D eigenvalue weighted by molar-refractivity contribution is -0.112. The highest BCUT2D eigenvalue weighted by atomic mass is 19.1. The molecule has 1 amide bonds. The van der Waals surface area contributed by atoms with Gasteiger partial charge < -0.3 is 15.0 Å². The van der Waals surface area contributed by atoms with Gasteiger partial charge in [0.2, 0.25) is 0 Å². The van der Waals surface area contributed by atoms with E-state index < -0.39 is 5.91 Å². The number of rotatable bonds is 5. The average molecular weight is 425 g/mol. The van der Waals surface area contributed by atoms with Crippen molar-refractivity contribution in [1.82, 2.24) is 4.57 Å². The lowest BCUT2D eigenvalue weighted by atomic mass is 10.1. The van der Waals surface area contributed by atoms with Crippen LogP contribution in [0.4, 0.5) is 10.1 Å². The maximum absolute atomic E-state index is 14.3. The normalized spacial score (nSPS) is 11.3. The van der Waals surface area contributed by atoms with E-state index >= 15 is 0 Å². The SMILES string of the molecule is Cc1c(/C=C(/C#N)C(=O)Nc2ccc(O)cc2)c2ccccc2n1Cc1ccccc1F. The molecule has 158 valence electrons. The number of nitriles is 1. The molecule has 1 aromatic heterocycles. The highest BCUT2D eigenvalue weighted by Gasteiger charge is 2.17. The van der Waals surface area contributed by atoms with Gasteiger partial charge in [0.05, 0.1) is 6.54 Å². The first-order valence-corrected chi connectivity index (χ1v) is 10.0. The van der Waals surface area contributed by atoms with E-state index in [0.717, 1.165) is 22.2 Å². The van der Waals surface area contributed by atoms with Crippen LogP contribution in [0.2, 0.25) is 0 Å². The smallest absolute Gasteiger partial charge is 0.266 e. The van der Waals surface area contributed by atoms with E-state index in [2.05, 4.69) is 5.32 Å². The molecule has 32 heavy (non-hydrogen) atoms. The van der Waals surface area contributed by atoms with Crippen molar-refractivity contribution in [2.24, 2.45) is 0 Å². The molecule has 3 aromatic carbocycles. The monoisotopic (exact) mass is 425 g/mol. The zero-order valence-electron chi connectivity index (χ0n) is 17.3. The zero-order chi connectivity index (χ0) is 22.7. The molecule has 4 aromatic rings. The second kappa shape index (κ2) is 8.78. The number of benzene rings is 3. The van der Waals surface area contributed by atoms with E-state index in [-0.39, 0.29) is 17.1 Å². The van der Waals surface area contributed by atoms with Gasteiger partial charge in [-0.1, -0.05) is 36.4 Å². The third-order valence-electron chi connectivity index (χ3n) is 5.34. The number of para-hydroxylation sites is 1. The maximum atomic E-state index is 14.3. The molecule has 0 fully saturated rings. The first-order chi connectivity index (χ1) is 15.5. The number of hydrogen-bond donors (Lipinski definition) is 2. The zero-order valence-corrected chi connectivity index (χ0v) is 17.3. The summed E-state index contributed by atoms with van der Waals surface area (Å²) in [6, 6.07) is 22.2. The van der Waals surface area contributed by atoms with Gasteiger partial charge in [-0.25, -0.2) is 4.39 Å². The predicted octanol–water partition coefficient (Wildman–Crippen LogP) is 5.39. The Morgan fingerprint density at radius 1 is 1.09 bits per heavy atom. The van der Waals surface area contributed by atoms with E-state index in [1.807, 2.05) is 41.8 Å². The molecule has 2 N–H and O–H groups in total. The molecule has 0 unspecified atom stereocenters. The number of carbonyl (C=O) groups is 1. The highest BCUT2D eigenvalue weighted by Crippen LogP contribution is 2.29. The third-order valence-corrected chi connectivity index (χ3v) is 5.34. The molecule has 0 spiro atoms. The number of amides is 1. The van der Waals surface area contributed by atoms with Gasteiger partial charge in [-0.3, -0.25) is 4.79 Å². The van der Waals surface area contributed by atoms with E-state index in [4.69, 9.17) is 0 Å². The van der Waals surface area contributed by atoms with Gasteiger partial charge in [0.1, 0.15) is 23.2 Å². The summed E-state index contributed by atoms with van der Waals surface area (Å²) < 4.78 is 16.3. The molecule has 0 atom stereocenters. The lowest BCUT2D eigenvalue weighted by Crippen LogP contribution is -2.13. The Morgan fingerprint density at radius 2 is 1.78 bits per heavy atom. The molecule has 0 aliphatic carbocycles. The number of nitrogens with one attached hydrogen (secondary N) is 1. The van der Waals surface area contributed by atoms with Crippen LogP contribution in [-0.4, -0.2) is 15.6 Å². The number of phenolic OH excluding ortho intramolecular Hbond substituents is 1. The third kappa shape index (κ3) is 4.09. The minimum absolute atomic E-state index is 0.0602. The largest absolute Gasteiger partial charge is 0.508 e. The van der Waals surface area contributed by atoms with Crippen LogP contribution >= 0.6 is 0 Å². The first-order valence-electron chi connectivity index (χ1n) is 10.0. The Balaban J connectivity index is 1.74. The summed E-state index contributed by atoms with van der Waals surface area (Å²) in [7, 11) is 0. The number of phenols is 1. The molecule has 0 bridgehead atoms. The number of nitrogens with zero attached hydrogens (tertiary/aromatic N) is 2. The Bertz CT molecular complexity index is 1380. The van der Waals surface area contributed by atoms with E-state index in [0.29, 0.717) is 17.8 Å². The fourth-order valence-corrected chi connectivity index (χ4v) is 3.68. The van der Waals surface area contributed by atoms with Gasteiger partial charge in [0.25, 0.3) is 5.91 Å². The van der Waals surface area contributed by atoms with Crippen LogP contribution in [-0.2, 0) is 11.3 Å². The number of carbonyl (C=O) groups excluding carboxylic acids is 1. The van der Waals surface area contributed by atoms with Crippen molar-refractivity contribution in [1.29, 1.82) is 5.26 Å². The van der Waals surface area contributed by atoms with Crippen LogP contribution in [0.5, 0.6) is 5.75 Å². The molecule has 0 saturated heterocycles. The molecular formula is C26H20FN3O2. The topological polar surface area (TPSA) is 78.1 Å². The standard InChI is InChI=1S/C26H20FN3O2/c1-17-23(14-19(15-28)26(32)29-20-10-12-21(31)13-11-20)22-7-3-5-9-25(22)30(17)16-18-6-2-4-8-24(18)27/h2-14,31H,16H2,1H3,(H,29,32)/b19-14-. The quantitative estimate of drug-likeness (QED) is 0.256. The Kier molecular flexibility index (Phi) is 5.73. The van der Waals surface area contributed by atoms with Crippen molar-refractivity contribution in [2.75, 3.05) is 5.32 Å². The summed E-state index contributed by atoms with van der Waals surface area (Å²) in [5.74, 6) is -0.756. The minimum Gasteiger partial charge on any atom is -0.508 e. The van der Waals surface area contributed by atoms with Crippen LogP contribution < -0.4 is 5.32 Å². The minimum atomic E-state index is -0.552. The van der Waals surface area contributed by atoms with Crippen LogP contribution in [0.25, 0.3) is 17.0 Å². The molecule has 0 saturated carbocycles. The molecule has 0 aliphatic rings. The van der Waals surface area contributed by atoms with Gasteiger partial charge in [-0.05, 0) is 49.4 Å². The number of aromatic nitrogens is 1. The molecule has 6 heteroatoms. The molecule has 0 aliphatic heterocycles. The second-order valence-electron chi connectivity index (χ2n) is 7.36. The predicted molar refractivity (Wildman–Crippen MR) is 123 cm³/mol. The number of fused-ring (bicyclic) bond motifs is 1. The molecular weight excluding hydrogens is 405 g/mol. The summed E-state index contributed by atoms with van der Waals surface area (Å²) >= 11 is 0. The summed E-state index contributed by atoms with van der Waals surface area (Å²) in [5, 5.41) is 22.6. The summed E-state index contributed by atoms with van der Waals surface area (Å²) in [6.45, 7) is 2.22.